The van der Waals surface area contributed by atoms with E-state index in [0.29, 0.717) is 6.54 Å². The maximum Gasteiger partial charge on any atom is 0.0811 e. The maximum absolute atomic E-state index is 9.67. The number of unbranched alkanes of at least 4 members (excludes halogenated alkanes) is 2. The predicted octanol–water partition coefficient (Wildman–Crippen LogP) is 1.92. The van der Waals surface area contributed by atoms with Gasteiger partial charge in [-0.15, -0.1) is 0 Å². The van der Waals surface area contributed by atoms with Gasteiger partial charge in [0.15, 0.2) is 0 Å². The molecule has 0 unspecified atom stereocenters. The average molecular weight is 158 g/mol. The molecule has 0 aromatic rings. The van der Waals surface area contributed by atoms with E-state index in [4.69, 9.17) is 0 Å². The highest BCUT2D eigenvalue weighted by molar-refractivity contribution is 4.49. The molecule has 11 heavy (non-hydrogen) atoms. The van der Waals surface area contributed by atoms with Crippen molar-refractivity contribution < 1.29 is 0 Å². The van der Waals surface area contributed by atoms with Crippen LogP contribution in [0.25, 0.3) is 0 Å². The quantitative estimate of drug-likeness (QED) is 0.433. The number of nitrogens with one attached hydrogen (secondary N) is 1. The van der Waals surface area contributed by atoms with Crippen LogP contribution in [0.2, 0.25) is 0 Å². The van der Waals surface area contributed by atoms with Gasteiger partial charge >= 0.3 is 0 Å². The zero-order valence-corrected chi connectivity index (χ0v) is 7.31. The summed E-state index contributed by atoms with van der Waals surface area (Å²) < 4.78 is 0. The van der Waals surface area contributed by atoms with Crippen molar-refractivity contribution in [2.45, 2.75) is 32.6 Å². The normalized spacial score (nSPS) is 9.91. The van der Waals surface area contributed by atoms with Gasteiger partial charge in [0.05, 0.1) is 6.54 Å². The summed E-state index contributed by atoms with van der Waals surface area (Å²) in [5, 5.41) is 6.09. The monoisotopic (exact) mass is 158 g/mol. The SMILES string of the molecule is CCCCNCCCCN=O. The van der Waals surface area contributed by atoms with Gasteiger partial charge in [-0.25, -0.2) is 0 Å². The van der Waals surface area contributed by atoms with Crippen LogP contribution in [-0.4, -0.2) is 19.6 Å². The van der Waals surface area contributed by atoms with Crippen LogP contribution in [-0.2, 0) is 0 Å². The first-order chi connectivity index (χ1) is 5.41. The van der Waals surface area contributed by atoms with E-state index in [-0.39, 0.29) is 0 Å². The van der Waals surface area contributed by atoms with E-state index >= 15 is 0 Å². The van der Waals surface area contributed by atoms with Gasteiger partial charge in [0.1, 0.15) is 0 Å². The van der Waals surface area contributed by atoms with Gasteiger partial charge in [-0.3, -0.25) is 0 Å². The standard InChI is InChI=1S/C8H18N2O/c1-2-3-6-9-7-4-5-8-10-11/h9H,2-8H2,1H3. The van der Waals surface area contributed by atoms with E-state index in [2.05, 4.69) is 17.4 Å². The molecule has 66 valence electrons. The van der Waals surface area contributed by atoms with Crippen LogP contribution in [0, 0.1) is 4.91 Å². The summed E-state index contributed by atoms with van der Waals surface area (Å²) in [6.45, 7) is 4.77. The van der Waals surface area contributed by atoms with Crippen molar-refractivity contribution in [3.05, 3.63) is 4.91 Å². The second kappa shape index (κ2) is 9.56. The highest BCUT2D eigenvalue weighted by Gasteiger charge is 1.87. The van der Waals surface area contributed by atoms with Crippen molar-refractivity contribution in [1.29, 1.82) is 0 Å². The lowest BCUT2D eigenvalue weighted by atomic mass is 10.3. The fourth-order valence-electron chi connectivity index (χ4n) is 0.853. The molecule has 0 aromatic heterocycles. The Morgan fingerprint density at radius 1 is 1.18 bits per heavy atom. The van der Waals surface area contributed by atoms with Crippen LogP contribution in [0.4, 0.5) is 0 Å². The van der Waals surface area contributed by atoms with Crippen molar-refractivity contribution >= 4 is 0 Å². The van der Waals surface area contributed by atoms with Crippen LogP contribution in [0.15, 0.2) is 5.18 Å². The number of rotatable bonds is 8. The Labute approximate surface area is 68.5 Å². The lowest BCUT2D eigenvalue weighted by Gasteiger charge is -2.00. The zero-order valence-electron chi connectivity index (χ0n) is 7.31. The molecule has 0 fully saturated rings. The molecule has 0 saturated heterocycles. The zero-order chi connectivity index (χ0) is 8.36. The summed E-state index contributed by atoms with van der Waals surface area (Å²) >= 11 is 0. The van der Waals surface area contributed by atoms with E-state index in [1.165, 1.54) is 12.8 Å². The maximum atomic E-state index is 9.67. The second-order valence-corrected chi connectivity index (χ2v) is 2.66. The van der Waals surface area contributed by atoms with Crippen LogP contribution in [0.1, 0.15) is 32.6 Å². The first kappa shape index (κ1) is 10.6. The molecule has 0 atom stereocenters. The summed E-state index contributed by atoms with van der Waals surface area (Å²) in [4.78, 5) is 9.67. The summed E-state index contributed by atoms with van der Waals surface area (Å²) in [5.41, 5.74) is 0. The van der Waals surface area contributed by atoms with E-state index in [0.717, 1.165) is 25.9 Å². The minimum Gasteiger partial charge on any atom is -0.317 e. The number of nitroso groups, excluding NO2 is 1. The molecule has 1 N–H and O–H groups in total. The molecule has 3 heteroatoms. The molecular weight excluding hydrogens is 140 g/mol. The molecule has 0 radical (unpaired) electrons. The average Bonchev–Trinajstić information content (AvgIpc) is 2.03. The molecule has 0 aliphatic rings. The molecule has 0 rings (SSSR count). The molecule has 0 heterocycles. The first-order valence-corrected chi connectivity index (χ1v) is 4.41. The fraction of sp³-hybridized carbons (Fsp3) is 1.00. The summed E-state index contributed by atoms with van der Waals surface area (Å²) in [7, 11) is 0. The third kappa shape index (κ3) is 9.56. The molecule has 0 aliphatic heterocycles. The van der Waals surface area contributed by atoms with Crippen molar-refractivity contribution in [3.63, 3.8) is 0 Å². The molecule has 0 amide bonds. The van der Waals surface area contributed by atoms with Crippen molar-refractivity contribution in [2.75, 3.05) is 19.6 Å². The second-order valence-electron chi connectivity index (χ2n) is 2.66. The smallest absolute Gasteiger partial charge is 0.0811 e. The highest BCUT2D eigenvalue weighted by Crippen LogP contribution is 1.88. The lowest BCUT2D eigenvalue weighted by molar-refractivity contribution is 0.602. The van der Waals surface area contributed by atoms with Gasteiger partial charge in [0.25, 0.3) is 0 Å². The number of hydrogen-bond donors (Lipinski definition) is 1. The number of nitrogens with zero attached hydrogens (tertiary/aromatic N) is 1. The van der Waals surface area contributed by atoms with Gasteiger partial charge in [-0.05, 0) is 32.4 Å². The molecule has 0 bridgehead atoms. The van der Waals surface area contributed by atoms with E-state index in [9.17, 15) is 4.91 Å². The third-order valence-corrected chi connectivity index (χ3v) is 1.56. The topological polar surface area (TPSA) is 41.5 Å². The van der Waals surface area contributed by atoms with E-state index in [1.807, 2.05) is 0 Å². The summed E-state index contributed by atoms with van der Waals surface area (Å²) in [5.74, 6) is 0. The highest BCUT2D eigenvalue weighted by atomic mass is 16.3. The molecule has 3 nitrogen and oxygen atoms in total. The van der Waals surface area contributed by atoms with E-state index in [1.54, 1.807) is 0 Å². The predicted molar refractivity (Wildman–Crippen MR) is 47.7 cm³/mol. The fourth-order valence-corrected chi connectivity index (χ4v) is 0.853. The Hall–Kier alpha value is -0.440. The van der Waals surface area contributed by atoms with E-state index < -0.39 is 0 Å². The van der Waals surface area contributed by atoms with Crippen molar-refractivity contribution in [2.24, 2.45) is 5.18 Å². The third-order valence-electron chi connectivity index (χ3n) is 1.56. The van der Waals surface area contributed by atoms with Gasteiger partial charge in [-0.2, -0.15) is 4.91 Å². The Bertz CT molecular complexity index is 86.2. The minimum atomic E-state index is 0.468. The molecule has 0 aromatic carbocycles. The van der Waals surface area contributed by atoms with Gasteiger partial charge < -0.3 is 5.32 Å². The van der Waals surface area contributed by atoms with Crippen molar-refractivity contribution in [1.82, 2.24) is 5.32 Å². The molecule has 0 spiro atoms. The van der Waals surface area contributed by atoms with Crippen LogP contribution >= 0.6 is 0 Å². The van der Waals surface area contributed by atoms with Gasteiger partial charge in [-0.1, -0.05) is 18.5 Å². The molecule has 0 aliphatic carbocycles. The van der Waals surface area contributed by atoms with Gasteiger partial charge in [0, 0.05) is 0 Å². The Balaban J connectivity index is 2.74. The van der Waals surface area contributed by atoms with Crippen LogP contribution < -0.4 is 5.32 Å². The largest absolute Gasteiger partial charge is 0.317 e. The molecule has 0 saturated carbocycles. The lowest BCUT2D eigenvalue weighted by Crippen LogP contribution is -2.16. The van der Waals surface area contributed by atoms with Crippen LogP contribution in [0.5, 0.6) is 0 Å². The minimum absolute atomic E-state index is 0.468. The Morgan fingerprint density at radius 2 is 1.91 bits per heavy atom. The first-order valence-electron chi connectivity index (χ1n) is 4.41. The number of hydrogen-bond acceptors (Lipinski definition) is 3. The summed E-state index contributed by atoms with van der Waals surface area (Å²) in [6, 6.07) is 0. The summed E-state index contributed by atoms with van der Waals surface area (Å²) in [6.07, 6.45) is 4.47. The Morgan fingerprint density at radius 3 is 2.55 bits per heavy atom. The molecular formula is C8H18N2O. The van der Waals surface area contributed by atoms with Crippen molar-refractivity contribution in [3.8, 4) is 0 Å². The van der Waals surface area contributed by atoms with Crippen LogP contribution in [0.3, 0.4) is 0 Å². The Kier molecular flexibility index (Phi) is 9.18. The van der Waals surface area contributed by atoms with Gasteiger partial charge in [0.2, 0.25) is 0 Å².